The van der Waals surface area contributed by atoms with Crippen molar-refractivity contribution < 1.29 is 14.7 Å². The number of carbonyl (C=O) groups is 2. The van der Waals surface area contributed by atoms with E-state index < -0.39 is 18.2 Å². The summed E-state index contributed by atoms with van der Waals surface area (Å²) in [5.74, 6) is -1.52. The quantitative estimate of drug-likeness (QED) is 0.399. The van der Waals surface area contributed by atoms with E-state index in [1.807, 2.05) is 22.6 Å². The van der Waals surface area contributed by atoms with Crippen LogP contribution in [0, 0.1) is 10.6 Å². The normalized spacial score (nSPS) is 9.86. The van der Waals surface area contributed by atoms with Crippen molar-refractivity contribution in [3.05, 3.63) is 27.1 Å². The molecule has 0 amide bonds. The van der Waals surface area contributed by atoms with Gasteiger partial charge in [-0.25, -0.2) is 4.98 Å². The van der Waals surface area contributed by atoms with Crippen LogP contribution in [0.5, 0.6) is 0 Å². The Balaban J connectivity index is 2.96. The van der Waals surface area contributed by atoms with E-state index in [9.17, 15) is 9.59 Å². The molecule has 0 saturated heterocycles. The van der Waals surface area contributed by atoms with Crippen molar-refractivity contribution in [2.75, 3.05) is 0 Å². The molecule has 1 aromatic rings. The number of carbonyl (C=O) groups excluding carboxylic acids is 1. The van der Waals surface area contributed by atoms with Crippen molar-refractivity contribution in [3.8, 4) is 0 Å². The number of aryl methyl sites for hydroxylation is 1. The number of nitrogens with zero attached hydrogens (tertiary/aromatic N) is 1. The van der Waals surface area contributed by atoms with Gasteiger partial charge in [0.2, 0.25) is 0 Å². The van der Waals surface area contributed by atoms with Crippen LogP contribution in [0.2, 0.25) is 0 Å². The highest BCUT2D eigenvalue weighted by molar-refractivity contribution is 14.1. The van der Waals surface area contributed by atoms with Gasteiger partial charge in [-0.1, -0.05) is 0 Å². The Kier molecular flexibility index (Phi) is 3.56. The van der Waals surface area contributed by atoms with Crippen LogP contribution in [0.1, 0.15) is 22.5 Å². The van der Waals surface area contributed by atoms with E-state index in [1.54, 1.807) is 19.1 Å². The molecule has 0 bridgehead atoms. The zero-order valence-electron chi connectivity index (χ0n) is 7.45. The van der Waals surface area contributed by atoms with Crippen molar-refractivity contribution in [1.29, 1.82) is 0 Å². The van der Waals surface area contributed by atoms with Gasteiger partial charge in [-0.15, -0.1) is 0 Å². The zero-order valence-corrected chi connectivity index (χ0v) is 9.61. The van der Waals surface area contributed by atoms with E-state index in [2.05, 4.69) is 4.98 Å². The lowest BCUT2D eigenvalue weighted by atomic mass is 10.1. The van der Waals surface area contributed by atoms with Crippen LogP contribution >= 0.6 is 22.6 Å². The Morgan fingerprint density at radius 1 is 1.50 bits per heavy atom. The fourth-order valence-corrected chi connectivity index (χ4v) is 1.60. The monoisotopic (exact) mass is 305 g/mol. The first-order chi connectivity index (χ1) is 6.50. The van der Waals surface area contributed by atoms with Crippen LogP contribution in [0.15, 0.2) is 12.1 Å². The fraction of sp³-hybridized carbons (Fsp3) is 0.222. The molecule has 0 aliphatic heterocycles. The van der Waals surface area contributed by atoms with Gasteiger partial charge in [-0.05, 0) is 41.6 Å². The molecule has 0 fully saturated rings. The third kappa shape index (κ3) is 2.76. The average Bonchev–Trinajstić information content (AvgIpc) is 2.01. The predicted molar refractivity (Wildman–Crippen MR) is 58.3 cm³/mol. The van der Waals surface area contributed by atoms with Gasteiger partial charge in [0.05, 0.1) is 0 Å². The summed E-state index contributed by atoms with van der Waals surface area (Å²) < 4.78 is 0.784. The second kappa shape index (κ2) is 4.50. The Hall–Kier alpha value is -0.980. The lowest BCUT2D eigenvalue weighted by Gasteiger charge is -2.02. The van der Waals surface area contributed by atoms with E-state index in [0.29, 0.717) is 11.3 Å². The lowest BCUT2D eigenvalue weighted by Crippen LogP contribution is -2.09. The minimum Gasteiger partial charge on any atom is -0.481 e. The maximum absolute atomic E-state index is 11.4. The molecule has 1 rings (SSSR count). The Labute approximate surface area is 94.5 Å². The number of pyridine rings is 1. The summed E-state index contributed by atoms with van der Waals surface area (Å²) in [7, 11) is 0. The maximum Gasteiger partial charge on any atom is 0.311 e. The van der Waals surface area contributed by atoms with Crippen LogP contribution in [0.25, 0.3) is 0 Å². The molecule has 5 heteroatoms. The van der Waals surface area contributed by atoms with Crippen LogP contribution in [0.4, 0.5) is 0 Å². The highest BCUT2D eigenvalue weighted by atomic mass is 127. The molecule has 0 aliphatic rings. The summed E-state index contributed by atoms with van der Waals surface area (Å²) in [6, 6.07) is 3.29. The van der Waals surface area contributed by atoms with E-state index in [1.165, 1.54) is 0 Å². The molecule has 74 valence electrons. The molecule has 0 unspecified atom stereocenters. The minimum absolute atomic E-state index is 0.382. The molecular formula is C9H8INO3. The van der Waals surface area contributed by atoms with Crippen molar-refractivity contribution >= 4 is 34.3 Å². The zero-order chi connectivity index (χ0) is 10.7. The number of rotatable bonds is 3. The van der Waals surface area contributed by atoms with Crippen LogP contribution in [-0.4, -0.2) is 21.8 Å². The molecule has 0 aliphatic carbocycles. The molecule has 0 radical (unpaired) electrons. The van der Waals surface area contributed by atoms with Gasteiger partial charge in [0.15, 0.2) is 5.78 Å². The molecule has 1 N–H and O–H groups in total. The summed E-state index contributed by atoms with van der Waals surface area (Å²) in [6.45, 7) is 1.69. The highest BCUT2D eigenvalue weighted by Crippen LogP contribution is 2.10. The molecule has 14 heavy (non-hydrogen) atoms. The van der Waals surface area contributed by atoms with Gasteiger partial charge in [0, 0.05) is 11.3 Å². The van der Waals surface area contributed by atoms with Gasteiger partial charge in [-0.2, -0.15) is 0 Å². The summed E-state index contributed by atoms with van der Waals surface area (Å²) >= 11 is 2.03. The first kappa shape index (κ1) is 11.1. The number of hydrogen-bond acceptors (Lipinski definition) is 3. The van der Waals surface area contributed by atoms with Gasteiger partial charge < -0.3 is 5.11 Å². The number of Topliss-reactive ketones (excluding diaryl/α,β-unsaturated/α-hetero) is 1. The van der Waals surface area contributed by atoms with E-state index in [4.69, 9.17) is 5.11 Å². The third-order valence-electron chi connectivity index (χ3n) is 1.66. The number of aromatic nitrogens is 1. The molecule has 4 nitrogen and oxygen atoms in total. The SMILES string of the molecule is Cc1nc(I)ccc1C(=O)CC(=O)O. The first-order valence-corrected chi connectivity index (χ1v) is 4.96. The summed E-state index contributed by atoms with van der Waals surface area (Å²) in [5, 5.41) is 8.45. The van der Waals surface area contributed by atoms with Crippen molar-refractivity contribution in [1.82, 2.24) is 4.98 Å². The third-order valence-corrected chi connectivity index (χ3v) is 2.26. The van der Waals surface area contributed by atoms with Crippen LogP contribution < -0.4 is 0 Å². The standard InChI is InChI=1S/C9H8INO3/c1-5-6(2-3-8(10)11-5)7(12)4-9(13)14/h2-3H,4H2,1H3,(H,13,14). The number of hydrogen-bond donors (Lipinski definition) is 1. The lowest BCUT2D eigenvalue weighted by molar-refractivity contribution is -0.135. The Morgan fingerprint density at radius 3 is 2.64 bits per heavy atom. The number of carboxylic acids is 1. The molecule has 0 atom stereocenters. The molecule has 0 aromatic carbocycles. The van der Waals surface area contributed by atoms with E-state index >= 15 is 0 Å². The van der Waals surface area contributed by atoms with E-state index in [-0.39, 0.29) is 0 Å². The minimum atomic E-state index is -1.12. The van der Waals surface area contributed by atoms with Crippen LogP contribution in [-0.2, 0) is 4.79 Å². The second-order valence-corrected chi connectivity index (χ2v) is 3.87. The molecule has 0 saturated carbocycles. The second-order valence-electron chi connectivity index (χ2n) is 2.76. The summed E-state index contributed by atoms with van der Waals surface area (Å²) in [4.78, 5) is 25.8. The highest BCUT2D eigenvalue weighted by Gasteiger charge is 2.13. The van der Waals surface area contributed by atoms with Gasteiger partial charge >= 0.3 is 5.97 Å². The number of carboxylic acid groups (broad SMARTS) is 1. The molecular weight excluding hydrogens is 297 g/mol. The van der Waals surface area contributed by atoms with E-state index in [0.717, 1.165) is 3.70 Å². The van der Waals surface area contributed by atoms with Crippen molar-refractivity contribution in [2.24, 2.45) is 0 Å². The fourth-order valence-electron chi connectivity index (χ4n) is 1.06. The van der Waals surface area contributed by atoms with Crippen LogP contribution in [0.3, 0.4) is 0 Å². The molecule has 1 aromatic heterocycles. The number of halogens is 1. The smallest absolute Gasteiger partial charge is 0.311 e. The largest absolute Gasteiger partial charge is 0.481 e. The predicted octanol–water partition coefficient (Wildman–Crippen LogP) is 1.65. The summed E-state index contributed by atoms with van der Waals surface area (Å²) in [5.41, 5.74) is 0.955. The molecule has 0 spiro atoms. The Bertz CT molecular complexity index is 390. The first-order valence-electron chi connectivity index (χ1n) is 3.89. The van der Waals surface area contributed by atoms with Gasteiger partial charge in [0.25, 0.3) is 0 Å². The maximum atomic E-state index is 11.4. The topological polar surface area (TPSA) is 67.3 Å². The Morgan fingerprint density at radius 2 is 2.14 bits per heavy atom. The van der Waals surface area contributed by atoms with Crippen molar-refractivity contribution in [2.45, 2.75) is 13.3 Å². The van der Waals surface area contributed by atoms with Gasteiger partial charge in [0.1, 0.15) is 10.1 Å². The van der Waals surface area contributed by atoms with Crippen molar-refractivity contribution in [3.63, 3.8) is 0 Å². The average molecular weight is 305 g/mol. The number of ketones is 1. The summed E-state index contributed by atoms with van der Waals surface area (Å²) in [6.07, 6.45) is -0.483. The number of aliphatic carboxylic acids is 1. The molecule has 1 heterocycles. The van der Waals surface area contributed by atoms with Gasteiger partial charge in [-0.3, -0.25) is 9.59 Å².